The van der Waals surface area contributed by atoms with E-state index >= 15 is 0 Å². The molecule has 6 aromatic carbocycles. The molecule has 0 spiro atoms. The zero-order valence-corrected chi connectivity index (χ0v) is 21.7. The summed E-state index contributed by atoms with van der Waals surface area (Å²) in [5, 5.41) is 5.38. The summed E-state index contributed by atoms with van der Waals surface area (Å²) in [5.74, 6) is 0. The van der Waals surface area contributed by atoms with Crippen LogP contribution in [-0.2, 0) is 12.8 Å². The van der Waals surface area contributed by atoms with Gasteiger partial charge in [0.1, 0.15) is 0 Å². The van der Waals surface area contributed by atoms with Crippen molar-refractivity contribution in [2.45, 2.75) is 12.8 Å². The van der Waals surface area contributed by atoms with E-state index < -0.39 is 0 Å². The van der Waals surface area contributed by atoms with Crippen LogP contribution in [-0.4, -0.2) is 8.80 Å². The summed E-state index contributed by atoms with van der Waals surface area (Å²) in [7, 11) is 0. The van der Waals surface area contributed by atoms with Gasteiger partial charge in [-0.15, -0.1) is 0 Å². The van der Waals surface area contributed by atoms with Crippen LogP contribution in [0, 0.1) is 0 Å². The zero-order chi connectivity index (χ0) is 25.7. The highest BCUT2D eigenvalue weighted by atomic mass is 15.0. The van der Waals surface area contributed by atoms with E-state index in [9.17, 15) is 0 Å². The molecule has 0 unspecified atom stereocenters. The highest BCUT2D eigenvalue weighted by Crippen LogP contribution is 2.46. The van der Waals surface area contributed by atoms with Crippen molar-refractivity contribution in [1.29, 1.82) is 0 Å². The molecule has 0 fully saturated rings. The lowest BCUT2D eigenvalue weighted by atomic mass is 10.0. The van der Waals surface area contributed by atoms with Crippen molar-refractivity contribution < 1.29 is 0 Å². The molecule has 0 saturated carbocycles. The fourth-order valence-corrected chi connectivity index (χ4v) is 8.22. The minimum atomic E-state index is 1.01. The lowest BCUT2D eigenvalue weighted by molar-refractivity contribution is 1.25. The lowest BCUT2D eigenvalue weighted by Crippen LogP contribution is -1.97. The van der Waals surface area contributed by atoms with E-state index in [4.69, 9.17) is 0 Å². The molecule has 2 aliphatic carbocycles. The van der Waals surface area contributed by atoms with E-state index in [0.717, 1.165) is 12.8 Å². The van der Waals surface area contributed by atoms with Crippen LogP contribution in [0.4, 0.5) is 0 Å². The van der Waals surface area contributed by atoms with Gasteiger partial charge in [-0.25, -0.2) is 0 Å². The Bertz CT molecular complexity index is 2410. The van der Waals surface area contributed by atoms with Crippen molar-refractivity contribution in [3.8, 4) is 22.3 Å². The van der Waals surface area contributed by atoms with E-state index in [1.54, 1.807) is 0 Å². The predicted octanol–water partition coefficient (Wildman–Crippen LogP) is 9.38. The predicted molar refractivity (Wildman–Crippen MR) is 166 cm³/mol. The highest BCUT2D eigenvalue weighted by Gasteiger charge is 2.26. The molecule has 184 valence electrons. The first-order valence-corrected chi connectivity index (χ1v) is 14.2. The van der Waals surface area contributed by atoms with Crippen LogP contribution in [0.5, 0.6) is 0 Å². The van der Waals surface area contributed by atoms with E-state index in [0.29, 0.717) is 0 Å². The van der Waals surface area contributed by atoms with Crippen LogP contribution in [0.3, 0.4) is 0 Å². The number of hydrogen-bond acceptors (Lipinski definition) is 0. The lowest BCUT2D eigenvalue weighted by Gasteiger charge is -2.11. The molecular weight excluding hydrogens is 484 g/mol. The van der Waals surface area contributed by atoms with Gasteiger partial charge in [0.15, 0.2) is 0 Å². The Balaban J connectivity index is 1.36. The number of fused-ring (bicyclic) bond motifs is 14. The molecule has 3 heterocycles. The van der Waals surface area contributed by atoms with Crippen LogP contribution in [0.1, 0.15) is 22.3 Å². The van der Waals surface area contributed by atoms with Gasteiger partial charge in [-0.05, 0) is 93.7 Å². The quantitative estimate of drug-likeness (QED) is 0.181. The Morgan fingerprint density at radius 3 is 1.32 bits per heavy atom. The number of nitrogens with zero attached hydrogens (tertiary/aromatic N) is 2. The van der Waals surface area contributed by atoms with Crippen LogP contribution in [0.25, 0.3) is 76.9 Å². The smallest absolute Gasteiger partial charge is 0.0783 e. The summed E-state index contributed by atoms with van der Waals surface area (Å²) in [5.41, 5.74) is 19.1. The van der Waals surface area contributed by atoms with Gasteiger partial charge in [-0.3, -0.25) is 0 Å². The minimum Gasteiger partial charge on any atom is -0.305 e. The average Bonchev–Trinajstić information content (AvgIpc) is 3.72. The molecular formula is C38H22N2. The summed E-state index contributed by atoms with van der Waals surface area (Å²) in [4.78, 5) is 0. The van der Waals surface area contributed by atoms with Gasteiger partial charge >= 0.3 is 0 Å². The molecule has 3 aromatic heterocycles. The summed E-state index contributed by atoms with van der Waals surface area (Å²) in [6.07, 6.45) is 2.03. The first kappa shape index (κ1) is 19.9. The maximum Gasteiger partial charge on any atom is 0.0783 e. The molecule has 2 aliphatic rings. The van der Waals surface area contributed by atoms with E-state index in [1.165, 1.54) is 99.2 Å². The first-order chi connectivity index (χ1) is 19.8. The summed E-state index contributed by atoms with van der Waals surface area (Å²) < 4.78 is 5.09. The second kappa shape index (κ2) is 6.55. The summed E-state index contributed by atoms with van der Waals surface area (Å²) in [6.45, 7) is 0. The third-order valence-electron chi connectivity index (χ3n) is 9.84. The fourth-order valence-electron chi connectivity index (χ4n) is 8.22. The van der Waals surface area contributed by atoms with Crippen LogP contribution in [0.15, 0.2) is 109 Å². The van der Waals surface area contributed by atoms with Crippen LogP contribution >= 0.6 is 0 Å². The standard InChI is InChI=1S/C38H22N2/c1-3-9-25-21(7-1)15-23-17-31-27-11-5-14-34-37(27)39(35(31)19-29(23)25)33-13-6-12-28-32-18-24-16-22-8-2-4-10-26(22)30(24)20-36(32)40(34)38(28)33/h1-14,17-20H,15-16H2. The monoisotopic (exact) mass is 506 g/mol. The first-order valence-electron chi connectivity index (χ1n) is 14.2. The number of hydrogen-bond donors (Lipinski definition) is 0. The van der Waals surface area contributed by atoms with Crippen molar-refractivity contribution in [3.63, 3.8) is 0 Å². The molecule has 2 nitrogen and oxygen atoms in total. The molecule has 2 heteroatoms. The topological polar surface area (TPSA) is 8.82 Å². The van der Waals surface area contributed by atoms with Gasteiger partial charge in [0, 0.05) is 21.5 Å². The molecule has 0 radical (unpaired) electrons. The zero-order valence-electron chi connectivity index (χ0n) is 21.7. The molecule has 0 aliphatic heterocycles. The van der Waals surface area contributed by atoms with Gasteiger partial charge in [0.25, 0.3) is 0 Å². The molecule has 0 atom stereocenters. The Morgan fingerprint density at radius 1 is 0.350 bits per heavy atom. The number of benzene rings is 6. The molecule has 0 N–H and O–H groups in total. The third-order valence-corrected chi connectivity index (χ3v) is 9.84. The molecule has 40 heavy (non-hydrogen) atoms. The Labute approximate surface area is 229 Å². The maximum absolute atomic E-state index is 2.55. The second-order valence-electron chi connectivity index (χ2n) is 11.7. The van der Waals surface area contributed by atoms with Crippen LogP contribution < -0.4 is 0 Å². The summed E-state index contributed by atoms with van der Waals surface area (Å²) >= 11 is 0. The van der Waals surface area contributed by atoms with Crippen LogP contribution in [0.2, 0.25) is 0 Å². The van der Waals surface area contributed by atoms with Crippen molar-refractivity contribution in [2.75, 3.05) is 0 Å². The summed E-state index contributed by atoms with van der Waals surface area (Å²) in [6, 6.07) is 41.4. The molecule has 0 bridgehead atoms. The highest BCUT2D eigenvalue weighted by molar-refractivity contribution is 6.22. The van der Waals surface area contributed by atoms with Crippen molar-refractivity contribution >= 4 is 54.6 Å². The van der Waals surface area contributed by atoms with Gasteiger partial charge in [-0.2, -0.15) is 0 Å². The minimum absolute atomic E-state index is 1.01. The Kier molecular flexibility index (Phi) is 3.26. The third kappa shape index (κ3) is 2.15. The normalized spacial score (nSPS) is 13.8. The molecule has 0 saturated heterocycles. The SMILES string of the molecule is c1ccc2c(c1)Cc1cc3c4cccc5c4n(c3cc1-2)c1cccc2c3cc4c(cc3n5c21)-c1ccccc1C4. The fraction of sp³-hybridized carbons (Fsp3) is 0.0526. The van der Waals surface area contributed by atoms with E-state index in [1.807, 2.05) is 0 Å². The molecule has 0 amide bonds. The second-order valence-corrected chi connectivity index (χ2v) is 11.7. The van der Waals surface area contributed by atoms with Crippen molar-refractivity contribution in [2.24, 2.45) is 0 Å². The number of para-hydroxylation sites is 2. The number of aromatic nitrogens is 2. The van der Waals surface area contributed by atoms with Gasteiger partial charge < -0.3 is 8.80 Å². The van der Waals surface area contributed by atoms with Gasteiger partial charge in [0.05, 0.1) is 33.1 Å². The van der Waals surface area contributed by atoms with Crippen molar-refractivity contribution in [3.05, 3.63) is 131 Å². The Morgan fingerprint density at radius 2 is 0.825 bits per heavy atom. The maximum atomic E-state index is 2.55. The van der Waals surface area contributed by atoms with E-state index in [-0.39, 0.29) is 0 Å². The van der Waals surface area contributed by atoms with Crippen molar-refractivity contribution in [1.82, 2.24) is 8.80 Å². The number of rotatable bonds is 0. The average molecular weight is 507 g/mol. The van der Waals surface area contributed by atoms with Gasteiger partial charge in [0.2, 0.25) is 0 Å². The molecule has 11 rings (SSSR count). The largest absolute Gasteiger partial charge is 0.305 e. The van der Waals surface area contributed by atoms with Gasteiger partial charge in [-0.1, -0.05) is 72.8 Å². The Hall–Kier alpha value is -5.08. The van der Waals surface area contributed by atoms with E-state index in [2.05, 4.69) is 118 Å². The molecule has 9 aromatic rings.